The molecule has 1 fully saturated rings. The van der Waals surface area contributed by atoms with Gasteiger partial charge in [0.25, 0.3) is 0 Å². The summed E-state index contributed by atoms with van der Waals surface area (Å²) >= 11 is 0. The first-order chi connectivity index (χ1) is 16.5. The zero-order chi connectivity index (χ0) is 24.3. The van der Waals surface area contributed by atoms with Gasteiger partial charge in [-0.2, -0.15) is 5.26 Å². The van der Waals surface area contributed by atoms with Gasteiger partial charge >= 0.3 is 0 Å². The summed E-state index contributed by atoms with van der Waals surface area (Å²) in [5.74, 6) is 1.19. The maximum Gasteiger partial charge on any atom is 0.211 e. The Bertz CT molecular complexity index is 1030. The number of piperidine rings is 1. The largest absolute Gasteiger partial charge is 0.495 e. The number of hydrogen-bond acceptors (Lipinski definition) is 5. The van der Waals surface area contributed by atoms with Crippen LogP contribution < -0.4 is 15.4 Å². The minimum Gasteiger partial charge on any atom is -0.495 e. The van der Waals surface area contributed by atoms with E-state index >= 15 is 0 Å². The van der Waals surface area contributed by atoms with Gasteiger partial charge in [-0.25, -0.2) is 4.39 Å². The number of carbonyl (C=O) groups excluding carboxylic acids is 1. The number of methoxy groups -OCH3 is 1. The summed E-state index contributed by atoms with van der Waals surface area (Å²) in [7, 11) is 1.55. The lowest BCUT2D eigenvalue weighted by atomic mass is 9.91. The fourth-order valence-corrected chi connectivity index (χ4v) is 4.30. The van der Waals surface area contributed by atoms with E-state index in [0.29, 0.717) is 35.4 Å². The molecule has 0 amide bonds. The molecule has 0 radical (unpaired) electrons. The van der Waals surface area contributed by atoms with Crippen LogP contribution in [0.3, 0.4) is 0 Å². The summed E-state index contributed by atoms with van der Waals surface area (Å²) in [5.41, 5.74) is 2.29. The van der Waals surface area contributed by atoms with Gasteiger partial charge in [-0.05, 0) is 87.5 Å². The summed E-state index contributed by atoms with van der Waals surface area (Å²) in [5, 5.41) is 15.3. The van der Waals surface area contributed by atoms with Crippen molar-refractivity contribution in [3.8, 4) is 11.9 Å². The van der Waals surface area contributed by atoms with Crippen molar-refractivity contribution in [3.05, 3.63) is 59.4 Å². The monoisotopic (exact) mass is 465 g/mol. The Morgan fingerprint density at radius 3 is 2.79 bits per heavy atom. The lowest BCUT2D eigenvalue weighted by Gasteiger charge is -2.33. The highest BCUT2D eigenvalue weighted by atomic mass is 19.1. The fourth-order valence-electron chi connectivity index (χ4n) is 4.30. The molecule has 1 aliphatic heterocycles. The number of likely N-dealkylation sites (tertiary alicyclic amines) is 1. The fraction of sp³-hybridized carbons (Fsp3) is 0.423. The van der Waals surface area contributed by atoms with Crippen LogP contribution >= 0.6 is 0 Å². The van der Waals surface area contributed by atoms with Crippen molar-refractivity contribution in [3.63, 3.8) is 0 Å². The van der Waals surface area contributed by atoms with Crippen molar-refractivity contribution in [2.24, 2.45) is 10.9 Å². The van der Waals surface area contributed by atoms with Gasteiger partial charge in [0.1, 0.15) is 11.6 Å². The second-order valence-electron chi connectivity index (χ2n) is 8.58. The van der Waals surface area contributed by atoms with Crippen LogP contribution in [0.15, 0.2) is 47.5 Å². The molecule has 34 heavy (non-hydrogen) atoms. The van der Waals surface area contributed by atoms with E-state index in [-0.39, 0.29) is 11.6 Å². The number of ether oxygens (including phenoxy) is 1. The highest BCUT2D eigenvalue weighted by Gasteiger charge is 2.20. The third-order valence-electron chi connectivity index (χ3n) is 6.01. The Kier molecular flexibility index (Phi) is 9.41. The van der Waals surface area contributed by atoms with E-state index in [1.807, 2.05) is 12.1 Å². The minimum absolute atomic E-state index is 0.0586. The van der Waals surface area contributed by atoms with Crippen molar-refractivity contribution in [2.75, 3.05) is 38.6 Å². The maximum absolute atomic E-state index is 13.2. The Hall–Kier alpha value is -3.44. The van der Waals surface area contributed by atoms with Crippen LogP contribution in [0.4, 0.5) is 10.1 Å². The Labute approximate surface area is 200 Å². The maximum atomic E-state index is 13.2. The molecule has 0 bridgehead atoms. The quantitative estimate of drug-likeness (QED) is 0.190. The highest BCUT2D eigenvalue weighted by molar-refractivity contribution is 5.99. The van der Waals surface area contributed by atoms with E-state index in [1.54, 1.807) is 31.5 Å². The Morgan fingerprint density at radius 1 is 1.29 bits per heavy atom. The molecular weight excluding hydrogens is 433 g/mol. The minimum atomic E-state index is -0.194. The van der Waals surface area contributed by atoms with E-state index in [4.69, 9.17) is 10.00 Å². The number of Topliss-reactive ketones (excluding diaryl/α,β-unsaturated/α-hetero) is 1. The molecule has 0 aliphatic carbocycles. The zero-order valence-electron chi connectivity index (χ0n) is 19.8. The van der Waals surface area contributed by atoms with Gasteiger partial charge in [-0.3, -0.25) is 4.79 Å². The standard InChI is InChI=1S/C26H32FN5O2/c1-19(33)22-8-11-25(34-2)24(16-22)31-26(30-18-28)29-12-4-14-32-13-3-5-21(17-32)15-20-6-9-23(27)10-7-20/h6-11,16,21H,3-5,12-15,17H2,1-2H3,(H2,29,30,31)/t21-/m0/s1. The zero-order valence-corrected chi connectivity index (χ0v) is 19.8. The number of anilines is 1. The lowest BCUT2D eigenvalue weighted by Crippen LogP contribution is -2.38. The van der Waals surface area contributed by atoms with E-state index < -0.39 is 0 Å². The van der Waals surface area contributed by atoms with E-state index in [1.165, 1.54) is 31.0 Å². The number of carbonyl (C=O) groups is 1. The molecule has 0 unspecified atom stereocenters. The molecule has 0 aromatic heterocycles. The normalized spacial score (nSPS) is 16.5. The third kappa shape index (κ3) is 7.56. The van der Waals surface area contributed by atoms with Crippen LogP contribution in [0.25, 0.3) is 0 Å². The number of rotatable bonds is 9. The van der Waals surface area contributed by atoms with Crippen molar-refractivity contribution in [1.82, 2.24) is 10.2 Å². The topological polar surface area (TPSA) is 89.7 Å². The van der Waals surface area contributed by atoms with Crippen molar-refractivity contribution in [1.29, 1.82) is 5.26 Å². The second-order valence-corrected chi connectivity index (χ2v) is 8.58. The average molecular weight is 466 g/mol. The van der Waals surface area contributed by atoms with E-state index in [9.17, 15) is 9.18 Å². The molecule has 180 valence electrons. The van der Waals surface area contributed by atoms with Gasteiger partial charge < -0.3 is 20.3 Å². The molecule has 1 heterocycles. The smallest absolute Gasteiger partial charge is 0.211 e. The van der Waals surface area contributed by atoms with E-state index in [0.717, 1.165) is 38.9 Å². The Morgan fingerprint density at radius 2 is 2.09 bits per heavy atom. The molecule has 8 heteroatoms. The van der Waals surface area contributed by atoms with Crippen LogP contribution in [0.1, 0.15) is 42.1 Å². The summed E-state index contributed by atoms with van der Waals surface area (Å²) in [6.45, 7) is 5.19. The summed E-state index contributed by atoms with van der Waals surface area (Å²) in [6, 6.07) is 11.9. The predicted molar refractivity (Wildman–Crippen MR) is 132 cm³/mol. The van der Waals surface area contributed by atoms with Crippen LogP contribution in [-0.4, -0.2) is 49.9 Å². The first-order valence-electron chi connectivity index (χ1n) is 11.6. The first-order valence-corrected chi connectivity index (χ1v) is 11.6. The number of hydrogen-bond donors (Lipinski definition) is 2. The number of nitriles is 1. The first kappa shape index (κ1) is 25.2. The van der Waals surface area contributed by atoms with Gasteiger partial charge in [0, 0.05) is 18.7 Å². The van der Waals surface area contributed by atoms with Crippen molar-refractivity contribution in [2.45, 2.75) is 32.6 Å². The van der Waals surface area contributed by atoms with Crippen LogP contribution in [0, 0.1) is 23.2 Å². The number of nitrogens with one attached hydrogen (secondary N) is 2. The third-order valence-corrected chi connectivity index (χ3v) is 6.01. The number of guanidine groups is 1. The molecule has 1 saturated heterocycles. The lowest BCUT2D eigenvalue weighted by molar-refractivity contribution is 0.101. The molecule has 1 atom stereocenters. The summed E-state index contributed by atoms with van der Waals surface area (Å²) in [4.78, 5) is 18.0. The van der Waals surface area contributed by atoms with E-state index in [2.05, 4.69) is 20.5 Å². The van der Waals surface area contributed by atoms with Crippen molar-refractivity contribution >= 4 is 17.4 Å². The van der Waals surface area contributed by atoms with Gasteiger partial charge in [-0.15, -0.1) is 4.99 Å². The molecular formula is C26H32FN5O2. The summed E-state index contributed by atoms with van der Waals surface area (Å²) in [6.07, 6.45) is 6.02. The molecule has 1 aliphatic rings. The number of benzene rings is 2. The van der Waals surface area contributed by atoms with Crippen LogP contribution in [0.2, 0.25) is 0 Å². The molecule has 7 nitrogen and oxygen atoms in total. The average Bonchev–Trinajstić information content (AvgIpc) is 2.83. The SMILES string of the molecule is COc1ccc(C(C)=O)cc1N/C(=N/C#N)NCCCN1CCC[C@@H](Cc2ccc(F)cc2)C1. The van der Waals surface area contributed by atoms with Crippen molar-refractivity contribution < 1.29 is 13.9 Å². The molecule has 2 N–H and O–H groups in total. The Balaban J connectivity index is 1.48. The van der Waals surface area contributed by atoms with Gasteiger partial charge in [0.2, 0.25) is 12.2 Å². The number of aliphatic imine (C=N–C) groups is 1. The van der Waals surface area contributed by atoms with Crippen LogP contribution in [0.5, 0.6) is 5.75 Å². The number of halogens is 1. The highest BCUT2D eigenvalue weighted by Crippen LogP contribution is 2.26. The molecule has 2 aromatic rings. The molecule has 3 rings (SSSR count). The van der Waals surface area contributed by atoms with Gasteiger partial charge in [-0.1, -0.05) is 12.1 Å². The number of nitrogens with zero attached hydrogens (tertiary/aromatic N) is 3. The summed E-state index contributed by atoms with van der Waals surface area (Å²) < 4.78 is 18.5. The number of ketones is 1. The molecule has 0 spiro atoms. The molecule has 0 saturated carbocycles. The van der Waals surface area contributed by atoms with Crippen LogP contribution in [-0.2, 0) is 6.42 Å². The molecule has 2 aromatic carbocycles. The predicted octanol–water partition coefficient (Wildman–Crippen LogP) is 4.22. The van der Waals surface area contributed by atoms with Gasteiger partial charge in [0.15, 0.2) is 5.78 Å². The van der Waals surface area contributed by atoms with Gasteiger partial charge in [0.05, 0.1) is 12.8 Å². The second kappa shape index (κ2) is 12.7.